The largest absolute Gasteiger partial charge is 0.258 e. The van der Waals surface area contributed by atoms with E-state index in [4.69, 9.17) is 0 Å². The molecule has 0 unspecified atom stereocenters. The summed E-state index contributed by atoms with van der Waals surface area (Å²) in [5, 5.41) is 6.57. The average molecular weight is 161 g/mol. The molecule has 0 spiro atoms. The normalized spacial score (nSPS) is 10.0. The van der Waals surface area contributed by atoms with Crippen LogP contribution in [-0.4, -0.2) is 15.2 Å². The molecule has 0 bridgehead atoms. The zero-order chi connectivity index (χ0) is 8.23. The van der Waals surface area contributed by atoms with Crippen molar-refractivity contribution >= 4 is 0 Å². The third kappa shape index (κ3) is 1.47. The lowest BCUT2D eigenvalue weighted by Gasteiger charge is -1.90. The first-order chi connectivity index (χ1) is 5.95. The van der Waals surface area contributed by atoms with Gasteiger partial charge in [-0.25, -0.2) is 4.98 Å². The molecule has 0 aromatic carbocycles. The standard InChI is InChI=1S/C8H9N4/c1-2-4-12(5-3-1)6-8-9-7-10-11-8/h1-5,7H,6H2,(H,9,10,11)/q+1. The number of nitrogens with one attached hydrogen (secondary N) is 1. The van der Waals surface area contributed by atoms with Crippen molar-refractivity contribution in [2.45, 2.75) is 6.54 Å². The van der Waals surface area contributed by atoms with Gasteiger partial charge in [0.25, 0.3) is 0 Å². The van der Waals surface area contributed by atoms with E-state index in [-0.39, 0.29) is 0 Å². The highest BCUT2D eigenvalue weighted by atomic mass is 15.2. The zero-order valence-electron chi connectivity index (χ0n) is 6.51. The molecule has 60 valence electrons. The molecule has 0 radical (unpaired) electrons. The molecule has 2 rings (SSSR count). The maximum absolute atomic E-state index is 4.02. The van der Waals surface area contributed by atoms with Crippen molar-refractivity contribution in [2.24, 2.45) is 0 Å². The second-order valence-electron chi connectivity index (χ2n) is 2.48. The first kappa shape index (κ1) is 6.97. The van der Waals surface area contributed by atoms with E-state index in [0.717, 1.165) is 12.4 Å². The van der Waals surface area contributed by atoms with Gasteiger partial charge in [0.05, 0.1) is 0 Å². The molecular weight excluding hydrogens is 152 g/mol. The Kier molecular flexibility index (Phi) is 1.82. The number of rotatable bonds is 2. The van der Waals surface area contributed by atoms with E-state index in [9.17, 15) is 0 Å². The number of hydrogen-bond donors (Lipinski definition) is 1. The van der Waals surface area contributed by atoms with E-state index < -0.39 is 0 Å². The Morgan fingerprint density at radius 3 is 2.75 bits per heavy atom. The van der Waals surface area contributed by atoms with Crippen LogP contribution in [0.5, 0.6) is 0 Å². The van der Waals surface area contributed by atoms with Crippen LogP contribution in [0.3, 0.4) is 0 Å². The number of aromatic amines is 1. The van der Waals surface area contributed by atoms with E-state index >= 15 is 0 Å². The fourth-order valence-electron chi connectivity index (χ4n) is 1.02. The second-order valence-corrected chi connectivity index (χ2v) is 2.48. The molecule has 0 amide bonds. The number of nitrogens with zero attached hydrogens (tertiary/aromatic N) is 3. The van der Waals surface area contributed by atoms with Crippen molar-refractivity contribution in [2.75, 3.05) is 0 Å². The smallest absolute Gasteiger partial charge is 0.207 e. The van der Waals surface area contributed by atoms with Crippen LogP contribution >= 0.6 is 0 Å². The van der Waals surface area contributed by atoms with E-state index in [1.165, 1.54) is 6.33 Å². The SMILES string of the molecule is c1cc[n+](Cc2ncn[nH]2)cc1. The van der Waals surface area contributed by atoms with Crippen LogP contribution in [-0.2, 0) is 6.54 Å². The Morgan fingerprint density at radius 1 is 1.25 bits per heavy atom. The maximum atomic E-state index is 4.02. The average Bonchev–Trinajstić information content (AvgIpc) is 2.59. The van der Waals surface area contributed by atoms with Gasteiger partial charge in [-0.2, -0.15) is 9.67 Å². The minimum absolute atomic E-state index is 0.737. The molecule has 1 N–H and O–H groups in total. The van der Waals surface area contributed by atoms with Gasteiger partial charge >= 0.3 is 0 Å². The summed E-state index contributed by atoms with van der Waals surface area (Å²) in [6.45, 7) is 0.737. The van der Waals surface area contributed by atoms with Crippen LogP contribution in [0.2, 0.25) is 0 Å². The van der Waals surface area contributed by atoms with Crippen molar-refractivity contribution in [1.29, 1.82) is 0 Å². The van der Waals surface area contributed by atoms with Crippen molar-refractivity contribution in [3.05, 3.63) is 42.7 Å². The van der Waals surface area contributed by atoms with E-state index in [1.54, 1.807) is 0 Å². The van der Waals surface area contributed by atoms with Gasteiger partial charge < -0.3 is 0 Å². The number of H-pyrrole nitrogens is 1. The molecule has 2 aromatic heterocycles. The molecule has 0 saturated heterocycles. The third-order valence-corrected chi connectivity index (χ3v) is 1.57. The Bertz CT molecular complexity index is 327. The Labute approximate surface area is 69.9 Å². The van der Waals surface area contributed by atoms with Crippen LogP contribution in [0.15, 0.2) is 36.9 Å². The summed E-state index contributed by atoms with van der Waals surface area (Å²) in [5.41, 5.74) is 0. The lowest BCUT2D eigenvalue weighted by atomic mass is 10.4. The monoisotopic (exact) mass is 161 g/mol. The Balaban J connectivity index is 2.15. The summed E-state index contributed by atoms with van der Waals surface area (Å²) in [4.78, 5) is 4.02. The fraction of sp³-hybridized carbons (Fsp3) is 0.125. The lowest BCUT2D eigenvalue weighted by molar-refractivity contribution is -0.689. The van der Waals surface area contributed by atoms with Gasteiger partial charge in [0, 0.05) is 12.1 Å². The van der Waals surface area contributed by atoms with Gasteiger partial charge in [-0.15, -0.1) is 0 Å². The highest BCUT2D eigenvalue weighted by Crippen LogP contribution is 1.84. The Hall–Kier alpha value is -1.71. The van der Waals surface area contributed by atoms with Crippen LogP contribution in [0.25, 0.3) is 0 Å². The maximum Gasteiger partial charge on any atom is 0.207 e. The van der Waals surface area contributed by atoms with Crippen LogP contribution < -0.4 is 4.57 Å². The molecule has 2 aromatic rings. The van der Waals surface area contributed by atoms with Crippen molar-refractivity contribution in [3.63, 3.8) is 0 Å². The third-order valence-electron chi connectivity index (χ3n) is 1.57. The van der Waals surface area contributed by atoms with Crippen molar-refractivity contribution < 1.29 is 4.57 Å². The van der Waals surface area contributed by atoms with Gasteiger partial charge in [-0.1, -0.05) is 6.07 Å². The topological polar surface area (TPSA) is 45.5 Å². The number of hydrogen-bond acceptors (Lipinski definition) is 2. The van der Waals surface area contributed by atoms with Gasteiger partial charge in [0.1, 0.15) is 6.33 Å². The van der Waals surface area contributed by atoms with Crippen molar-refractivity contribution in [3.8, 4) is 0 Å². The predicted octanol–water partition coefficient (Wildman–Crippen LogP) is 0.140. The molecule has 2 heterocycles. The molecule has 4 heteroatoms. The molecular formula is C8H9N4+. The summed E-state index contributed by atoms with van der Waals surface area (Å²) < 4.78 is 2.03. The first-order valence-electron chi connectivity index (χ1n) is 3.73. The Morgan fingerprint density at radius 2 is 2.08 bits per heavy atom. The summed E-state index contributed by atoms with van der Waals surface area (Å²) in [6, 6.07) is 5.95. The highest BCUT2D eigenvalue weighted by Gasteiger charge is 2.01. The number of aromatic nitrogens is 4. The van der Waals surface area contributed by atoms with Gasteiger partial charge in [0.2, 0.25) is 6.54 Å². The van der Waals surface area contributed by atoms with Gasteiger partial charge in [0.15, 0.2) is 18.2 Å². The summed E-state index contributed by atoms with van der Waals surface area (Å²) in [6.07, 6.45) is 5.49. The molecule has 0 aliphatic carbocycles. The predicted molar refractivity (Wildman–Crippen MR) is 42.1 cm³/mol. The molecule has 0 aliphatic rings. The summed E-state index contributed by atoms with van der Waals surface area (Å²) >= 11 is 0. The highest BCUT2D eigenvalue weighted by molar-refractivity contribution is 4.84. The molecule has 0 saturated carbocycles. The van der Waals surface area contributed by atoms with Crippen LogP contribution in [0.1, 0.15) is 5.82 Å². The van der Waals surface area contributed by atoms with Crippen molar-refractivity contribution in [1.82, 2.24) is 15.2 Å². The first-order valence-corrected chi connectivity index (χ1v) is 3.73. The fourth-order valence-corrected chi connectivity index (χ4v) is 1.02. The number of pyridine rings is 1. The molecule has 4 nitrogen and oxygen atoms in total. The summed E-state index contributed by atoms with van der Waals surface area (Å²) in [5.74, 6) is 0.867. The lowest BCUT2D eigenvalue weighted by Crippen LogP contribution is -2.33. The minimum Gasteiger partial charge on any atom is -0.258 e. The molecule has 0 atom stereocenters. The van der Waals surface area contributed by atoms with E-state index in [2.05, 4.69) is 15.2 Å². The quantitative estimate of drug-likeness (QED) is 0.637. The van der Waals surface area contributed by atoms with Crippen LogP contribution in [0, 0.1) is 0 Å². The van der Waals surface area contributed by atoms with Gasteiger partial charge in [-0.3, -0.25) is 5.10 Å². The van der Waals surface area contributed by atoms with Crippen LogP contribution in [0.4, 0.5) is 0 Å². The second kappa shape index (κ2) is 3.13. The zero-order valence-corrected chi connectivity index (χ0v) is 6.51. The molecule has 12 heavy (non-hydrogen) atoms. The van der Waals surface area contributed by atoms with E-state index in [0.29, 0.717) is 0 Å². The molecule has 0 aliphatic heterocycles. The molecule has 0 fully saturated rings. The minimum atomic E-state index is 0.737. The van der Waals surface area contributed by atoms with E-state index in [1.807, 2.05) is 35.2 Å². The summed E-state index contributed by atoms with van der Waals surface area (Å²) in [7, 11) is 0. The van der Waals surface area contributed by atoms with Gasteiger partial charge in [-0.05, 0) is 0 Å².